The molecule has 0 unspecified atom stereocenters. The van der Waals surface area contributed by atoms with Gasteiger partial charge >= 0.3 is 12.1 Å². The first-order valence-electron chi connectivity index (χ1n) is 11.3. The van der Waals surface area contributed by atoms with Gasteiger partial charge in [-0.3, -0.25) is 0 Å². The number of hydrogen-bond acceptors (Lipinski definition) is 5. The fourth-order valence-corrected chi connectivity index (χ4v) is 4.01. The van der Waals surface area contributed by atoms with Crippen molar-refractivity contribution in [2.75, 3.05) is 13.2 Å². The summed E-state index contributed by atoms with van der Waals surface area (Å²) in [6.07, 6.45) is 0.526. The van der Waals surface area contributed by atoms with Crippen molar-refractivity contribution in [3.05, 3.63) is 69.9 Å². The fourth-order valence-electron chi connectivity index (χ4n) is 4.01. The maximum absolute atomic E-state index is 12.3. The van der Waals surface area contributed by atoms with E-state index in [2.05, 4.69) is 0 Å². The van der Waals surface area contributed by atoms with Gasteiger partial charge in [0.1, 0.15) is 5.56 Å². The maximum atomic E-state index is 12.3. The Morgan fingerprint density at radius 1 is 1.12 bits per heavy atom. The van der Waals surface area contributed by atoms with Crippen LogP contribution in [0.1, 0.15) is 59.1 Å². The number of nitrogens with zero attached hydrogens (tertiary/aromatic N) is 2. The minimum atomic E-state index is -1.21. The summed E-state index contributed by atoms with van der Waals surface area (Å²) in [5.74, 6) is -1.54. The van der Waals surface area contributed by atoms with Crippen LogP contribution < -0.4 is 0 Å². The van der Waals surface area contributed by atoms with Gasteiger partial charge < -0.3 is 19.8 Å². The molecule has 3 aromatic rings. The topological polar surface area (TPSA) is 100.0 Å². The highest BCUT2D eigenvalue weighted by molar-refractivity contribution is 6.06. The summed E-state index contributed by atoms with van der Waals surface area (Å²) in [6, 6.07) is 11.3. The second-order valence-electron chi connectivity index (χ2n) is 7.72. The van der Waals surface area contributed by atoms with E-state index in [1.54, 1.807) is 17.9 Å². The lowest BCUT2D eigenvalue weighted by Gasteiger charge is -2.29. The number of ether oxygens (including phenoxy) is 1. The molecular weight excluding hydrogens is 420 g/mol. The van der Waals surface area contributed by atoms with Gasteiger partial charge in [0.2, 0.25) is 0 Å². The molecule has 1 amide bonds. The summed E-state index contributed by atoms with van der Waals surface area (Å²) >= 11 is 0. The van der Waals surface area contributed by atoms with Gasteiger partial charge in [0, 0.05) is 23.9 Å². The quantitative estimate of drug-likeness (QED) is 0.575. The minimum Gasteiger partial charge on any atom is -0.505 e. The average molecular weight is 451 g/mol. The minimum absolute atomic E-state index is 0.164. The van der Waals surface area contributed by atoms with Crippen molar-refractivity contribution in [2.45, 2.75) is 47.1 Å². The number of carbonyl (C=O) groups excluding carboxylic acids is 1. The Hall–Kier alpha value is -3.61. The maximum Gasteiger partial charge on any atom is 0.410 e. The van der Waals surface area contributed by atoms with Crippen LogP contribution in [0.3, 0.4) is 0 Å². The lowest BCUT2D eigenvalue weighted by Crippen LogP contribution is -2.36. The zero-order chi connectivity index (χ0) is 24.1. The summed E-state index contributed by atoms with van der Waals surface area (Å²) < 4.78 is 5.13. The number of aromatic nitrogens is 1. The Morgan fingerprint density at radius 2 is 1.82 bits per heavy atom. The molecule has 0 saturated carbocycles. The molecule has 0 radical (unpaired) electrons. The molecule has 2 aromatic carbocycles. The number of fused-ring (bicyclic) bond motifs is 3. The van der Waals surface area contributed by atoms with Gasteiger partial charge in [-0.05, 0) is 31.4 Å². The second-order valence-corrected chi connectivity index (χ2v) is 7.72. The van der Waals surface area contributed by atoms with Crippen molar-refractivity contribution in [3.8, 4) is 5.75 Å². The normalized spacial score (nSPS) is 12.5. The van der Waals surface area contributed by atoms with E-state index in [-0.39, 0.29) is 24.5 Å². The summed E-state index contributed by atoms with van der Waals surface area (Å²) in [4.78, 5) is 30.6. The second kappa shape index (κ2) is 10.3. The van der Waals surface area contributed by atoms with Crippen molar-refractivity contribution in [1.82, 2.24) is 9.88 Å². The Kier molecular flexibility index (Phi) is 7.53. The molecule has 0 saturated heterocycles. The third kappa shape index (κ3) is 4.92. The van der Waals surface area contributed by atoms with Crippen LogP contribution in [0, 0.1) is 6.92 Å². The standard InChI is InChI=1S/C24H24N2O5.C2H6/c1-3-31-24(30)26-11-10-16-8-9-17-20(23(28)29)22(27)19(25-21(17)18(16)13-26)12-15-6-4-14(2)5-7-15;1-2/h4-9,27H,3,10-13H2,1-2H3,(H,28,29);1-2H3. The number of rotatable bonds is 4. The zero-order valence-corrected chi connectivity index (χ0v) is 19.5. The summed E-state index contributed by atoms with van der Waals surface area (Å²) in [5, 5.41) is 21.0. The highest BCUT2D eigenvalue weighted by Gasteiger charge is 2.27. The molecule has 7 heteroatoms. The van der Waals surface area contributed by atoms with Gasteiger partial charge in [0.15, 0.2) is 5.75 Å². The first kappa shape index (κ1) is 24.0. The molecule has 1 aromatic heterocycles. The van der Waals surface area contributed by atoms with E-state index in [4.69, 9.17) is 9.72 Å². The van der Waals surface area contributed by atoms with Crippen molar-refractivity contribution < 1.29 is 24.5 Å². The highest BCUT2D eigenvalue weighted by atomic mass is 16.6. The van der Waals surface area contributed by atoms with Crippen molar-refractivity contribution >= 4 is 23.0 Å². The van der Waals surface area contributed by atoms with E-state index >= 15 is 0 Å². The Labute approximate surface area is 193 Å². The third-order valence-corrected chi connectivity index (χ3v) is 5.64. The monoisotopic (exact) mass is 450 g/mol. The van der Waals surface area contributed by atoms with Gasteiger partial charge in [-0.2, -0.15) is 0 Å². The number of carboxylic acid groups (broad SMARTS) is 1. The largest absolute Gasteiger partial charge is 0.505 e. The number of aromatic carboxylic acids is 1. The van der Waals surface area contributed by atoms with Gasteiger partial charge in [0.05, 0.1) is 24.4 Å². The average Bonchev–Trinajstić information content (AvgIpc) is 2.82. The van der Waals surface area contributed by atoms with Crippen LogP contribution in [0.25, 0.3) is 10.9 Å². The molecule has 174 valence electrons. The molecule has 2 N–H and O–H groups in total. The van der Waals surface area contributed by atoms with Crippen molar-refractivity contribution in [3.63, 3.8) is 0 Å². The van der Waals surface area contributed by atoms with E-state index < -0.39 is 12.1 Å². The van der Waals surface area contributed by atoms with E-state index in [0.29, 0.717) is 36.0 Å². The Morgan fingerprint density at radius 3 is 2.45 bits per heavy atom. The number of carbonyl (C=O) groups is 2. The van der Waals surface area contributed by atoms with Crippen LogP contribution in [0.2, 0.25) is 0 Å². The number of amides is 1. The highest BCUT2D eigenvalue weighted by Crippen LogP contribution is 2.35. The van der Waals surface area contributed by atoms with Gasteiger partial charge in [-0.15, -0.1) is 0 Å². The van der Waals surface area contributed by atoms with Crippen molar-refractivity contribution in [1.29, 1.82) is 0 Å². The van der Waals surface area contributed by atoms with Crippen LogP contribution in [0.15, 0.2) is 36.4 Å². The zero-order valence-electron chi connectivity index (χ0n) is 19.5. The number of benzene rings is 2. The lowest BCUT2D eigenvalue weighted by molar-refractivity contribution is 0.0695. The molecule has 33 heavy (non-hydrogen) atoms. The predicted molar refractivity (Wildman–Crippen MR) is 127 cm³/mol. The van der Waals surface area contributed by atoms with Crippen LogP contribution in [0.4, 0.5) is 4.79 Å². The van der Waals surface area contributed by atoms with Crippen LogP contribution in [-0.4, -0.2) is 45.3 Å². The molecule has 1 aliphatic rings. The number of aromatic hydroxyl groups is 1. The van der Waals surface area contributed by atoms with Crippen LogP contribution in [0.5, 0.6) is 5.75 Å². The third-order valence-electron chi connectivity index (χ3n) is 5.64. The van der Waals surface area contributed by atoms with Crippen LogP contribution in [-0.2, 0) is 24.1 Å². The first-order valence-corrected chi connectivity index (χ1v) is 11.3. The number of aryl methyl sites for hydroxylation is 1. The molecule has 7 nitrogen and oxygen atoms in total. The molecule has 0 bridgehead atoms. The Balaban J connectivity index is 0.00000149. The van der Waals surface area contributed by atoms with Crippen LogP contribution >= 0.6 is 0 Å². The van der Waals surface area contributed by atoms with Gasteiger partial charge in [0.25, 0.3) is 0 Å². The molecule has 2 heterocycles. The molecule has 0 spiro atoms. The summed E-state index contributed by atoms with van der Waals surface area (Å²) in [5.41, 5.74) is 4.48. The summed E-state index contributed by atoms with van der Waals surface area (Å²) in [6.45, 7) is 8.84. The van der Waals surface area contributed by atoms with E-state index in [1.807, 2.05) is 51.1 Å². The molecule has 1 aliphatic heterocycles. The molecule has 0 fully saturated rings. The molecular formula is C26H30N2O5. The van der Waals surface area contributed by atoms with Crippen molar-refractivity contribution in [2.24, 2.45) is 0 Å². The fraction of sp³-hybridized carbons (Fsp3) is 0.346. The molecule has 4 rings (SSSR count). The lowest BCUT2D eigenvalue weighted by atomic mass is 9.93. The summed E-state index contributed by atoms with van der Waals surface area (Å²) in [7, 11) is 0. The number of hydrogen-bond donors (Lipinski definition) is 2. The van der Waals surface area contributed by atoms with E-state index in [0.717, 1.165) is 22.3 Å². The first-order chi connectivity index (χ1) is 15.9. The molecule has 0 atom stereocenters. The molecule has 0 aliphatic carbocycles. The smallest absolute Gasteiger partial charge is 0.410 e. The van der Waals surface area contributed by atoms with Gasteiger partial charge in [-0.1, -0.05) is 55.8 Å². The SMILES string of the molecule is CC.CCOC(=O)N1CCc2ccc3c(C(=O)O)c(O)c(Cc4ccc(C)cc4)nc3c2C1. The Bertz CT molecular complexity index is 1170. The van der Waals surface area contributed by atoms with Gasteiger partial charge in [-0.25, -0.2) is 14.6 Å². The number of carboxylic acids is 1. The van der Waals surface area contributed by atoms with E-state index in [1.165, 1.54) is 0 Å². The van der Waals surface area contributed by atoms with E-state index in [9.17, 15) is 19.8 Å². The number of pyridine rings is 1. The predicted octanol–water partition coefficient (Wildman–Crippen LogP) is 5.08.